The molecule has 0 bridgehead atoms. The van der Waals surface area contributed by atoms with E-state index in [1.165, 1.54) is 4.31 Å². The molecular formula is C13H21N3O3S. The molecule has 1 aromatic rings. The summed E-state index contributed by atoms with van der Waals surface area (Å²) in [7, 11) is -3.56. The average molecular weight is 299 g/mol. The highest BCUT2D eigenvalue weighted by atomic mass is 32.2. The third-order valence-corrected chi connectivity index (χ3v) is 4.61. The summed E-state index contributed by atoms with van der Waals surface area (Å²) in [6.45, 7) is 4.83. The highest BCUT2D eigenvalue weighted by molar-refractivity contribution is 7.90. The van der Waals surface area contributed by atoms with Crippen molar-refractivity contribution < 1.29 is 13.2 Å². The van der Waals surface area contributed by atoms with E-state index in [9.17, 15) is 8.42 Å². The Hall–Kier alpha value is -1.15. The Morgan fingerprint density at radius 1 is 1.35 bits per heavy atom. The molecule has 7 heteroatoms. The van der Waals surface area contributed by atoms with E-state index in [1.807, 2.05) is 19.9 Å². The van der Waals surface area contributed by atoms with E-state index in [0.717, 1.165) is 5.56 Å². The average Bonchev–Trinajstić information content (AvgIpc) is 2.37. The van der Waals surface area contributed by atoms with Crippen LogP contribution in [0.1, 0.15) is 19.4 Å². The van der Waals surface area contributed by atoms with Crippen molar-refractivity contribution in [2.24, 2.45) is 5.73 Å². The van der Waals surface area contributed by atoms with Gasteiger partial charge in [0.2, 0.25) is 0 Å². The maximum absolute atomic E-state index is 12.4. The van der Waals surface area contributed by atoms with Gasteiger partial charge in [-0.3, -0.25) is 4.72 Å². The van der Waals surface area contributed by atoms with Crippen molar-refractivity contribution in [3.05, 3.63) is 29.8 Å². The van der Waals surface area contributed by atoms with Crippen LogP contribution >= 0.6 is 0 Å². The van der Waals surface area contributed by atoms with Crippen LogP contribution in [0.15, 0.2) is 24.3 Å². The number of benzene rings is 1. The minimum absolute atomic E-state index is 0.106. The van der Waals surface area contributed by atoms with Crippen molar-refractivity contribution in [2.45, 2.75) is 32.6 Å². The van der Waals surface area contributed by atoms with Crippen LogP contribution in [0.4, 0.5) is 5.69 Å². The Morgan fingerprint density at radius 3 is 2.60 bits per heavy atom. The molecule has 1 aliphatic rings. The molecule has 0 radical (unpaired) electrons. The number of rotatable bonds is 4. The lowest BCUT2D eigenvalue weighted by Crippen LogP contribution is -2.49. The smallest absolute Gasteiger partial charge is 0.301 e. The predicted molar refractivity (Wildman–Crippen MR) is 78.5 cm³/mol. The van der Waals surface area contributed by atoms with Gasteiger partial charge in [-0.2, -0.15) is 12.7 Å². The first-order valence-corrected chi connectivity index (χ1v) is 8.07. The summed E-state index contributed by atoms with van der Waals surface area (Å²) in [5.41, 5.74) is 6.97. The number of hydrogen-bond donors (Lipinski definition) is 2. The SMILES string of the molecule is CC1CN(S(=O)(=O)Nc2cccc(CN)c2)CC(C)O1. The fourth-order valence-corrected chi connectivity index (χ4v) is 3.67. The quantitative estimate of drug-likeness (QED) is 0.865. The molecule has 0 aromatic heterocycles. The third-order valence-electron chi connectivity index (χ3n) is 3.14. The molecule has 20 heavy (non-hydrogen) atoms. The standard InChI is InChI=1S/C13H21N3O3S/c1-10-8-16(9-11(2)19-10)20(17,18)15-13-5-3-4-12(6-13)7-14/h3-6,10-11,15H,7-9,14H2,1-2H3. The van der Waals surface area contributed by atoms with E-state index in [2.05, 4.69) is 4.72 Å². The molecule has 1 aliphatic heterocycles. The van der Waals surface area contributed by atoms with Crippen LogP contribution in [-0.4, -0.2) is 38.0 Å². The number of ether oxygens (including phenoxy) is 1. The maximum Gasteiger partial charge on any atom is 0.301 e. The molecule has 0 aliphatic carbocycles. The Morgan fingerprint density at radius 2 is 2.00 bits per heavy atom. The molecule has 3 N–H and O–H groups in total. The number of hydrogen-bond acceptors (Lipinski definition) is 4. The molecule has 6 nitrogen and oxygen atoms in total. The second-order valence-corrected chi connectivity index (χ2v) is 6.76. The van der Waals surface area contributed by atoms with Crippen LogP contribution in [0.2, 0.25) is 0 Å². The van der Waals surface area contributed by atoms with Crippen molar-refractivity contribution in [2.75, 3.05) is 17.8 Å². The van der Waals surface area contributed by atoms with Crippen LogP contribution in [0.3, 0.4) is 0 Å². The van der Waals surface area contributed by atoms with Crippen molar-refractivity contribution >= 4 is 15.9 Å². The fourth-order valence-electron chi connectivity index (χ4n) is 2.30. The molecule has 2 rings (SSSR count). The molecule has 0 saturated carbocycles. The highest BCUT2D eigenvalue weighted by Crippen LogP contribution is 2.18. The van der Waals surface area contributed by atoms with Gasteiger partial charge in [-0.25, -0.2) is 0 Å². The van der Waals surface area contributed by atoms with Gasteiger partial charge in [-0.1, -0.05) is 12.1 Å². The van der Waals surface area contributed by atoms with Crippen molar-refractivity contribution in [3.63, 3.8) is 0 Å². The number of nitrogens with one attached hydrogen (secondary N) is 1. The normalized spacial score (nSPS) is 24.6. The van der Waals surface area contributed by atoms with Gasteiger partial charge in [0.25, 0.3) is 0 Å². The van der Waals surface area contributed by atoms with Crippen LogP contribution in [0, 0.1) is 0 Å². The lowest BCUT2D eigenvalue weighted by atomic mass is 10.2. The van der Waals surface area contributed by atoms with Gasteiger partial charge < -0.3 is 10.5 Å². The zero-order valence-electron chi connectivity index (χ0n) is 11.7. The molecule has 1 saturated heterocycles. The lowest BCUT2D eigenvalue weighted by molar-refractivity contribution is -0.0439. The summed E-state index contributed by atoms with van der Waals surface area (Å²) in [5.74, 6) is 0. The van der Waals surface area contributed by atoms with E-state index in [-0.39, 0.29) is 12.2 Å². The van der Waals surface area contributed by atoms with Crippen molar-refractivity contribution in [1.29, 1.82) is 0 Å². The van der Waals surface area contributed by atoms with Crippen LogP contribution in [-0.2, 0) is 21.5 Å². The zero-order chi connectivity index (χ0) is 14.8. The highest BCUT2D eigenvalue weighted by Gasteiger charge is 2.30. The number of nitrogens with two attached hydrogens (primary N) is 1. The second-order valence-electron chi connectivity index (χ2n) is 5.09. The fraction of sp³-hybridized carbons (Fsp3) is 0.538. The Bertz CT molecular complexity index is 552. The van der Waals surface area contributed by atoms with E-state index >= 15 is 0 Å². The monoisotopic (exact) mass is 299 g/mol. The van der Waals surface area contributed by atoms with E-state index in [4.69, 9.17) is 10.5 Å². The zero-order valence-corrected chi connectivity index (χ0v) is 12.6. The number of morpholine rings is 1. The Balaban J connectivity index is 2.14. The molecule has 2 unspecified atom stereocenters. The summed E-state index contributed by atoms with van der Waals surface area (Å²) in [4.78, 5) is 0. The molecule has 1 aromatic carbocycles. The van der Waals surface area contributed by atoms with Crippen LogP contribution in [0.5, 0.6) is 0 Å². The molecular weight excluding hydrogens is 278 g/mol. The summed E-state index contributed by atoms with van der Waals surface area (Å²) in [6, 6.07) is 7.09. The van der Waals surface area contributed by atoms with Gasteiger partial charge in [0.15, 0.2) is 0 Å². The minimum atomic E-state index is -3.56. The minimum Gasteiger partial charge on any atom is -0.373 e. The van der Waals surface area contributed by atoms with Gasteiger partial charge >= 0.3 is 10.2 Å². The third kappa shape index (κ3) is 3.69. The van der Waals surface area contributed by atoms with Crippen LogP contribution in [0.25, 0.3) is 0 Å². The summed E-state index contributed by atoms with van der Waals surface area (Å²) >= 11 is 0. The van der Waals surface area contributed by atoms with E-state index in [1.54, 1.807) is 18.2 Å². The lowest BCUT2D eigenvalue weighted by Gasteiger charge is -2.34. The molecule has 2 atom stereocenters. The second kappa shape index (κ2) is 6.09. The first kappa shape index (κ1) is 15.2. The topological polar surface area (TPSA) is 84.7 Å². The number of nitrogens with zero attached hydrogens (tertiary/aromatic N) is 1. The Labute approximate surface area is 120 Å². The van der Waals surface area contributed by atoms with E-state index in [0.29, 0.717) is 25.3 Å². The van der Waals surface area contributed by atoms with Crippen molar-refractivity contribution in [3.8, 4) is 0 Å². The van der Waals surface area contributed by atoms with Gasteiger partial charge in [0, 0.05) is 19.6 Å². The number of anilines is 1. The first-order chi connectivity index (χ1) is 9.40. The van der Waals surface area contributed by atoms with Gasteiger partial charge in [-0.05, 0) is 31.5 Å². The molecule has 0 spiro atoms. The molecule has 1 heterocycles. The summed E-state index contributed by atoms with van der Waals surface area (Å²) < 4.78 is 34.3. The van der Waals surface area contributed by atoms with Crippen molar-refractivity contribution in [1.82, 2.24) is 4.31 Å². The van der Waals surface area contributed by atoms with Gasteiger partial charge in [0.1, 0.15) is 0 Å². The first-order valence-electron chi connectivity index (χ1n) is 6.63. The predicted octanol–water partition coefficient (Wildman–Crippen LogP) is 0.911. The largest absolute Gasteiger partial charge is 0.373 e. The van der Waals surface area contributed by atoms with E-state index < -0.39 is 10.2 Å². The summed E-state index contributed by atoms with van der Waals surface area (Å²) in [5, 5.41) is 0. The molecule has 1 fully saturated rings. The Kier molecular flexibility index (Phi) is 4.64. The summed E-state index contributed by atoms with van der Waals surface area (Å²) in [6.07, 6.45) is -0.212. The van der Waals surface area contributed by atoms with Gasteiger partial charge in [-0.15, -0.1) is 0 Å². The van der Waals surface area contributed by atoms with Crippen LogP contribution < -0.4 is 10.5 Å². The van der Waals surface area contributed by atoms with Gasteiger partial charge in [0.05, 0.1) is 17.9 Å². The molecule has 0 amide bonds. The maximum atomic E-state index is 12.4. The molecule has 112 valence electrons.